The molecule has 0 unspecified atom stereocenters. The summed E-state index contributed by atoms with van der Waals surface area (Å²) in [7, 11) is 0. The van der Waals surface area contributed by atoms with E-state index in [4.69, 9.17) is 10.00 Å². The molecule has 0 radical (unpaired) electrons. The summed E-state index contributed by atoms with van der Waals surface area (Å²) >= 11 is 0. The number of hydrogen-bond donors (Lipinski definition) is 0. The van der Waals surface area contributed by atoms with Gasteiger partial charge in [-0.3, -0.25) is 19.3 Å². The Balaban J connectivity index is 2.23. The van der Waals surface area contributed by atoms with Gasteiger partial charge in [-0.2, -0.15) is 5.26 Å². The van der Waals surface area contributed by atoms with Gasteiger partial charge in [0, 0.05) is 19.3 Å². The van der Waals surface area contributed by atoms with E-state index in [1.807, 2.05) is 0 Å². The lowest BCUT2D eigenvalue weighted by molar-refractivity contribution is -0.148. The summed E-state index contributed by atoms with van der Waals surface area (Å²) in [5.74, 6) is -0.847. The minimum Gasteiger partial charge on any atom is -0.464 e. The number of nitrogens with zero attached hydrogens (tertiary/aromatic N) is 2. The first-order valence-corrected chi connectivity index (χ1v) is 6.26. The normalized spacial score (nSPS) is 15.5. The quantitative estimate of drug-likeness (QED) is 0.529. The highest BCUT2D eigenvalue weighted by molar-refractivity contribution is 6.01. The number of rotatable bonds is 6. The van der Waals surface area contributed by atoms with Crippen LogP contribution in [0.15, 0.2) is 0 Å². The lowest BCUT2D eigenvalue weighted by atomic mass is 9.90. The van der Waals surface area contributed by atoms with Crippen molar-refractivity contribution >= 4 is 17.8 Å². The zero-order valence-corrected chi connectivity index (χ0v) is 11.3. The van der Waals surface area contributed by atoms with Crippen LogP contribution in [-0.4, -0.2) is 35.8 Å². The molecule has 6 nitrogen and oxygen atoms in total. The molecule has 1 rings (SSSR count). The number of imide groups is 1. The van der Waals surface area contributed by atoms with Gasteiger partial charge in [-0.05, 0) is 20.3 Å². The predicted octanol–water partition coefficient (Wildman–Crippen LogP) is 1.01. The molecule has 1 fully saturated rings. The average Bonchev–Trinajstić information content (AvgIpc) is 2.68. The molecule has 104 valence electrons. The number of carbonyl (C=O) groups is 3. The average molecular weight is 266 g/mol. The molecule has 19 heavy (non-hydrogen) atoms. The van der Waals surface area contributed by atoms with Crippen molar-refractivity contribution in [1.29, 1.82) is 5.26 Å². The first-order valence-electron chi connectivity index (χ1n) is 6.26. The van der Waals surface area contributed by atoms with Crippen molar-refractivity contribution in [3.63, 3.8) is 0 Å². The van der Waals surface area contributed by atoms with Crippen LogP contribution in [0.25, 0.3) is 0 Å². The van der Waals surface area contributed by atoms with E-state index in [2.05, 4.69) is 6.07 Å². The Morgan fingerprint density at radius 3 is 2.47 bits per heavy atom. The lowest BCUT2D eigenvalue weighted by Crippen LogP contribution is -2.32. The molecule has 0 aliphatic carbocycles. The molecule has 0 aromatic carbocycles. The van der Waals surface area contributed by atoms with Crippen LogP contribution < -0.4 is 0 Å². The molecule has 0 atom stereocenters. The molecule has 0 saturated carbocycles. The van der Waals surface area contributed by atoms with Gasteiger partial charge in [0.1, 0.15) is 6.61 Å². The van der Waals surface area contributed by atoms with E-state index in [0.29, 0.717) is 6.42 Å². The van der Waals surface area contributed by atoms with E-state index < -0.39 is 11.4 Å². The van der Waals surface area contributed by atoms with Crippen LogP contribution in [0.3, 0.4) is 0 Å². The summed E-state index contributed by atoms with van der Waals surface area (Å²) in [4.78, 5) is 35.1. The Bertz CT molecular complexity index is 407. The van der Waals surface area contributed by atoms with Gasteiger partial charge in [-0.25, -0.2) is 0 Å². The van der Waals surface area contributed by atoms with Crippen molar-refractivity contribution in [3.05, 3.63) is 0 Å². The standard InChI is InChI=1S/C13H18N2O4/c1-13(2,9-14)6-5-12(18)19-8-7-15-10(16)3-4-11(15)17/h3-8H2,1-2H3. The van der Waals surface area contributed by atoms with Gasteiger partial charge in [-0.15, -0.1) is 0 Å². The molecule has 0 spiro atoms. The molecular weight excluding hydrogens is 248 g/mol. The SMILES string of the molecule is CC(C)(C#N)CCC(=O)OCCN1C(=O)CCC1=O. The van der Waals surface area contributed by atoms with E-state index in [9.17, 15) is 14.4 Å². The largest absolute Gasteiger partial charge is 0.464 e. The van der Waals surface area contributed by atoms with Crippen LogP contribution in [0.4, 0.5) is 0 Å². The van der Waals surface area contributed by atoms with Crippen molar-refractivity contribution < 1.29 is 19.1 Å². The van der Waals surface area contributed by atoms with E-state index in [0.717, 1.165) is 4.90 Å². The highest BCUT2D eigenvalue weighted by Crippen LogP contribution is 2.20. The Morgan fingerprint density at radius 2 is 1.95 bits per heavy atom. The molecule has 0 N–H and O–H groups in total. The molecule has 0 bridgehead atoms. The van der Waals surface area contributed by atoms with E-state index in [1.54, 1.807) is 13.8 Å². The molecule has 2 amide bonds. The molecule has 1 aliphatic rings. The Morgan fingerprint density at radius 1 is 1.37 bits per heavy atom. The summed E-state index contributed by atoms with van der Waals surface area (Å²) in [5, 5.41) is 8.80. The number of ether oxygens (including phenoxy) is 1. The third-order valence-electron chi connectivity index (χ3n) is 2.99. The summed E-state index contributed by atoms with van der Waals surface area (Å²) in [5.41, 5.74) is -0.556. The topological polar surface area (TPSA) is 87.5 Å². The maximum atomic E-state index is 11.4. The zero-order chi connectivity index (χ0) is 14.5. The van der Waals surface area contributed by atoms with Crippen molar-refractivity contribution in [2.75, 3.05) is 13.2 Å². The molecule has 1 aliphatic heterocycles. The van der Waals surface area contributed by atoms with Crippen LogP contribution in [0.2, 0.25) is 0 Å². The maximum Gasteiger partial charge on any atom is 0.305 e. The predicted molar refractivity (Wildman–Crippen MR) is 65.5 cm³/mol. The van der Waals surface area contributed by atoms with Crippen molar-refractivity contribution in [1.82, 2.24) is 4.90 Å². The molecular formula is C13H18N2O4. The lowest BCUT2D eigenvalue weighted by Gasteiger charge is -2.15. The second kappa shape index (κ2) is 6.32. The number of carbonyl (C=O) groups excluding carboxylic acids is 3. The number of amides is 2. The highest BCUT2D eigenvalue weighted by atomic mass is 16.5. The first kappa shape index (κ1) is 15.2. The maximum absolute atomic E-state index is 11.4. The van der Waals surface area contributed by atoms with Gasteiger partial charge in [0.2, 0.25) is 11.8 Å². The van der Waals surface area contributed by atoms with Gasteiger partial charge in [0.25, 0.3) is 0 Å². The third-order valence-corrected chi connectivity index (χ3v) is 2.99. The van der Waals surface area contributed by atoms with Gasteiger partial charge < -0.3 is 4.74 Å². The fourth-order valence-corrected chi connectivity index (χ4v) is 1.67. The molecule has 6 heteroatoms. The summed E-state index contributed by atoms with van der Waals surface area (Å²) < 4.78 is 4.95. The van der Waals surface area contributed by atoms with Gasteiger partial charge >= 0.3 is 5.97 Å². The fourth-order valence-electron chi connectivity index (χ4n) is 1.67. The van der Waals surface area contributed by atoms with Gasteiger partial charge in [0.15, 0.2) is 0 Å². The summed E-state index contributed by atoms with van der Waals surface area (Å²) in [6.45, 7) is 3.64. The van der Waals surface area contributed by atoms with Crippen LogP contribution in [-0.2, 0) is 19.1 Å². The van der Waals surface area contributed by atoms with Crippen LogP contribution in [0, 0.1) is 16.7 Å². The van der Waals surface area contributed by atoms with Crippen LogP contribution in [0.5, 0.6) is 0 Å². The number of likely N-dealkylation sites (tertiary alicyclic amines) is 1. The monoisotopic (exact) mass is 266 g/mol. The first-order chi connectivity index (χ1) is 8.85. The minimum absolute atomic E-state index is 0.0172. The van der Waals surface area contributed by atoms with E-state index >= 15 is 0 Å². The molecule has 0 aromatic heterocycles. The Hall–Kier alpha value is -1.90. The Labute approximate surface area is 112 Å². The number of hydrogen-bond acceptors (Lipinski definition) is 5. The Kier molecular flexibility index (Phi) is 5.04. The zero-order valence-electron chi connectivity index (χ0n) is 11.3. The molecule has 1 saturated heterocycles. The van der Waals surface area contributed by atoms with Crippen LogP contribution >= 0.6 is 0 Å². The summed E-state index contributed by atoms with van der Waals surface area (Å²) in [6, 6.07) is 2.10. The van der Waals surface area contributed by atoms with Crippen LogP contribution in [0.1, 0.15) is 39.5 Å². The van der Waals surface area contributed by atoms with Gasteiger partial charge in [-0.1, -0.05) is 0 Å². The van der Waals surface area contributed by atoms with E-state index in [-0.39, 0.29) is 44.2 Å². The second-order valence-corrected chi connectivity index (χ2v) is 5.16. The van der Waals surface area contributed by atoms with E-state index in [1.165, 1.54) is 0 Å². The minimum atomic E-state index is -0.556. The third kappa shape index (κ3) is 4.70. The number of nitriles is 1. The molecule has 1 heterocycles. The van der Waals surface area contributed by atoms with Gasteiger partial charge in [0.05, 0.1) is 18.0 Å². The smallest absolute Gasteiger partial charge is 0.305 e. The van der Waals surface area contributed by atoms with Crippen molar-refractivity contribution in [2.24, 2.45) is 5.41 Å². The second-order valence-electron chi connectivity index (χ2n) is 5.16. The fraction of sp³-hybridized carbons (Fsp3) is 0.692. The summed E-state index contributed by atoms with van der Waals surface area (Å²) in [6.07, 6.45) is 1.05. The number of esters is 1. The highest BCUT2D eigenvalue weighted by Gasteiger charge is 2.28. The van der Waals surface area contributed by atoms with Crippen molar-refractivity contribution in [2.45, 2.75) is 39.5 Å². The molecule has 0 aromatic rings. The van der Waals surface area contributed by atoms with Crippen molar-refractivity contribution in [3.8, 4) is 6.07 Å².